The SMILES string of the molecule is CO.[CH]12[CH]3[CH]4[CH]5[CH]1[Fe]23451678[CH]2[CH]1[CH]6[CH]7[CH]28.[LiH]. The minimum absolute atomic E-state index is 0. The van der Waals surface area contributed by atoms with Gasteiger partial charge in [0.15, 0.2) is 0 Å². The fourth-order valence-corrected chi connectivity index (χ4v) is 88.0. The summed E-state index contributed by atoms with van der Waals surface area (Å²) >= 11 is 0. The number of aliphatic hydroxyl groups is 1. The van der Waals surface area contributed by atoms with Crippen molar-refractivity contribution in [2.24, 2.45) is 0 Å². The quantitative estimate of drug-likeness (QED) is 0.628. The van der Waals surface area contributed by atoms with Gasteiger partial charge in [0.2, 0.25) is 0 Å². The van der Waals surface area contributed by atoms with E-state index in [1.807, 2.05) is 0 Å². The van der Waals surface area contributed by atoms with Crippen LogP contribution in [-0.4, -0.2) is 31.1 Å². The number of aliphatic hydroxyl groups excluding tert-OH is 1. The molecule has 0 unspecified atom stereocenters. The molecule has 1 N–H and O–H groups in total. The molecule has 3 heteroatoms. The summed E-state index contributed by atoms with van der Waals surface area (Å²) in [6, 6.07) is 0. The van der Waals surface area contributed by atoms with Gasteiger partial charge in [-0.1, -0.05) is 0 Å². The zero-order valence-electron chi connectivity index (χ0n) is 7.57. The van der Waals surface area contributed by atoms with E-state index in [9.17, 15) is 0 Å². The molecule has 0 bridgehead atoms. The van der Waals surface area contributed by atoms with Gasteiger partial charge in [0.1, 0.15) is 0 Å². The van der Waals surface area contributed by atoms with Crippen molar-refractivity contribution in [2.45, 2.75) is 48.2 Å². The first kappa shape index (κ1) is 6.13. The molecule has 10 aliphatic rings. The van der Waals surface area contributed by atoms with E-state index in [1.54, 1.807) is 48.2 Å². The summed E-state index contributed by atoms with van der Waals surface area (Å²) in [6.45, 7) is -2.28. The maximum atomic E-state index is 7.00. The summed E-state index contributed by atoms with van der Waals surface area (Å²) < 4.78 is 0. The molecule has 0 aromatic rings. The van der Waals surface area contributed by atoms with Crippen molar-refractivity contribution >= 4 is 18.9 Å². The second kappa shape index (κ2) is 0.416. The van der Waals surface area contributed by atoms with E-state index in [2.05, 4.69) is 0 Å². The Morgan fingerprint density at radius 2 is 0.714 bits per heavy atom. The second-order valence-electron chi connectivity index (χ2n) is 9.58. The second-order valence-corrected chi connectivity index (χ2v) is 33.5. The van der Waals surface area contributed by atoms with Crippen molar-refractivity contribution in [1.82, 2.24) is 0 Å². The van der Waals surface area contributed by atoms with Crippen molar-refractivity contribution in [3.63, 3.8) is 0 Å². The van der Waals surface area contributed by atoms with Gasteiger partial charge in [-0.15, -0.1) is 0 Å². The molecule has 10 rings (SSSR count). The Kier molecular flexibility index (Phi) is 0.182. The molecule has 10 aliphatic heterocycles. The number of hydrogen-bond donors (Lipinski definition) is 1. The first-order valence-electron chi connectivity index (χ1n) is 5.82. The van der Waals surface area contributed by atoms with Crippen LogP contribution >= 0.6 is 0 Å². The Hall–Kier alpha value is 1.08. The molecule has 0 amide bonds. The standard InChI is InChI=1S/2C5H5.CH4O.Fe.Li.H/c2*1-2-4-5-3-1;1-2;;;/h2*1-5H;2H,1H3;;;. The van der Waals surface area contributed by atoms with Gasteiger partial charge in [-0.25, -0.2) is 0 Å². The molecule has 0 aromatic heterocycles. The molecule has 14 heavy (non-hydrogen) atoms. The van der Waals surface area contributed by atoms with Gasteiger partial charge in [0.05, 0.1) is 0 Å². The summed E-state index contributed by atoms with van der Waals surface area (Å²) in [7, 11) is 1.00. The third kappa shape index (κ3) is 0.0472. The third-order valence-electron chi connectivity index (χ3n) is 14.5. The van der Waals surface area contributed by atoms with Crippen LogP contribution in [0, 0.1) is 0 Å². The number of fused-ring (bicyclic) bond motifs is 10. The van der Waals surface area contributed by atoms with Gasteiger partial charge in [-0.3, -0.25) is 0 Å². The van der Waals surface area contributed by atoms with Crippen LogP contribution in [0.1, 0.15) is 0 Å². The third-order valence-corrected chi connectivity index (χ3v) is 56.5. The topological polar surface area (TPSA) is 20.2 Å². The van der Waals surface area contributed by atoms with Crippen LogP contribution in [0.25, 0.3) is 0 Å². The Morgan fingerprint density at radius 3 is 0.714 bits per heavy atom. The normalized spacial score (nSPS) is 135. The van der Waals surface area contributed by atoms with Gasteiger partial charge in [0, 0.05) is 7.11 Å². The number of hydrogen-bond acceptors (Lipinski definition) is 1. The molecule has 0 atom stereocenters. The summed E-state index contributed by atoms with van der Waals surface area (Å²) in [5.74, 6) is 0. The zero-order chi connectivity index (χ0) is 8.09. The summed E-state index contributed by atoms with van der Waals surface area (Å²) in [4.78, 5) is 15.9. The van der Waals surface area contributed by atoms with Crippen LogP contribution in [0.3, 0.4) is 0 Å². The Bertz CT molecular complexity index is 583. The van der Waals surface area contributed by atoms with E-state index in [0.29, 0.717) is 0 Å². The molecule has 10 fully saturated rings. The minimum atomic E-state index is -2.28. The van der Waals surface area contributed by atoms with Crippen LogP contribution in [0.15, 0.2) is 0 Å². The Balaban J connectivity index is 0.000000157. The van der Waals surface area contributed by atoms with Crippen LogP contribution < -0.4 is 0 Å². The molecular weight excluding hydrogens is 211 g/mol. The van der Waals surface area contributed by atoms with Crippen LogP contribution in [-0.2, 0) is 6.51 Å². The average molecular weight is 226 g/mol. The molecule has 1 spiro atoms. The van der Waals surface area contributed by atoms with Crippen LogP contribution in [0.5, 0.6) is 0 Å². The molecule has 0 radical (unpaired) electrons. The van der Waals surface area contributed by atoms with Gasteiger partial charge < -0.3 is 5.11 Å². The molecular formula is C11H15FeLiO. The molecule has 10 saturated heterocycles. The fraction of sp³-hybridized carbons (Fsp3) is 1.00. The van der Waals surface area contributed by atoms with E-state index < -0.39 is 6.51 Å². The van der Waals surface area contributed by atoms with E-state index >= 15 is 0 Å². The van der Waals surface area contributed by atoms with Crippen molar-refractivity contribution in [3.8, 4) is 0 Å². The first-order chi connectivity index (χ1) is 6.16. The van der Waals surface area contributed by atoms with Crippen molar-refractivity contribution < 1.29 is 11.6 Å². The van der Waals surface area contributed by atoms with Gasteiger partial charge in [-0.2, -0.15) is 0 Å². The predicted molar refractivity (Wildman–Crippen MR) is 52.8 cm³/mol. The summed E-state index contributed by atoms with van der Waals surface area (Å²) in [6.07, 6.45) is 0. The monoisotopic (exact) mass is 226 g/mol. The van der Waals surface area contributed by atoms with Crippen LogP contribution in [0.4, 0.5) is 0 Å². The van der Waals surface area contributed by atoms with E-state index in [1.165, 1.54) is 0 Å². The van der Waals surface area contributed by atoms with Crippen LogP contribution in [0.2, 0.25) is 48.2 Å². The van der Waals surface area contributed by atoms with Gasteiger partial charge in [0.25, 0.3) is 0 Å². The molecule has 10 heterocycles. The Labute approximate surface area is 85.5 Å². The molecule has 1 nitrogen and oxygen atoms in total. The fourth-order valence-electron chi connectivity index (χ4n) is 15.8. The number of rotatable bonds is 0. The molecule has 0 aromatic carbocycles. The van der Waals surface area contributed by atoms with E-state index in [-0.39, 0.29) is 18.9 Å². The molecule has 0 saturated carbocycles. The van der Waals surface area contributed by atoms with Gasteiger partial charge in [-0.05, 0) is 0 Å². The van der Waals surface area contributed by atoms with Gasteiger partial charge >= 0.3 is 73.5 Å². The van der Waals surface area contributed by atoms with E-state index in [4.69, 9.17) is 5.11 Å². The van der Waals surface area contributed by atoms with Crippen molar-refractivity contribution in [2.75, 3.05) is 7.11 Å². The Morgan fingerprint density at radius 1 is 0.571 bits per heavy atom. The maximum absolute atomic E-state index is 7.00. The van der Waals surface area contributed by atoms with Crippen molar-refractivity contribution in [1.29, 1.82) is 0 Å². The molecule has 0 aliphatic carbocycles. The molecule has 74 valence electrons. The zero-order valence-corrected chi connectivity index (χ0v) is 8.68. The predicted octanol–water partition coefficient (Wildman–Crippen LogP) is 2.34. The average Bonchev–Trinajstić information content (AvgIpc) is 3.15. The summed E-state index contributed by atoms with van der Waals surface area (Å²) in [5, 5.41) is 7.00. The van der Waals surface area contributed by atoms with Crippen molar-refractivity contribution in [3.05, 3.63) is 0 Å². The first-order valence-corrected chi connectivity index (χ1v) is 12.2. The van der Waals surface area contributed by atoms with E-state index in [0.717, 1.165) is 7.11 Å². The summed E-state index contributed by atoms with van der Waals surface area (Å²) in [5.41, 5.74) is 0.